The van der Waals surface area contributed by atoms with E-state index in [9.17, 15) is 0 Å². The molecule has 11 heavy (non-hydrogen) atoms. The number of hydrogen-bond donors (Lipinski definition) is 4. The van der Waals surface area contributed by atoms with Gasteiger partial charge in [-0.05, 0) is 0 Å². The summed E-state index contributed by atoms with van der Waals surface area (Å²) >= 11 is 0. The lowest BCUT2D eigenvalue weighted by Gasteiger charge is -2.33. The second kappa shape index (κ2) is 3.46. The molecule has 4 N–H and O–H groups in total. The van der Waals surface area contributed by atoms with E-state index in [1.54, 1.807) is 0 Å². The van der Waals surface area contributed by atoms with Gasteiger partial charge in [-0.15, -0.1) is 0 Å². The molecule has 1 aliphatic rings. The van der Waals surface area contributed by atoms with Crippen LogP contribution in [0.25, 0.3) is 0 Å². The molecule has 1 unspecified atom stereocenters. The van der Waals surface area contributed by atoms with Gasteiger partial charge < -0.3 is 25.2 Å². The molecule has 1 saturated heterocycles. The first kappa shape index (κ1) is 8.89. The monoisotopic (exact) mass is 164 g/mol. The molecule has 5 nitrogen and oxygen atoms in total. The zero-order valence-electron chi connectivity index (χ0n) is 5.92. The summed E-state index contributed by atoms with van der Waals surface area (Å²) in [4.78, 5) is 0. The van der Waals surface area contributed by atoms with Crippen LogP contribution in [-0.2, 0) is 4.74 Å². The van der Waals surface area contributed by atoms with E-state index in [2.05, 4.69) is 4.74 Å². The van der Waals surface area contributed by atoms with Gasteiger partial charge in [0.2, 0.25) is 0 Å². The predicted molar refractivity (Wildman–Crippen MR) is 34.6 cm³/mol. The lowest BCUT2D eigenvalue weighted by atomic mass is 10.0. The maximum atomic E-state index is 9.10. The molecular weight excluding hydrogens is 152 g/mol. The third kappa shape index (κ3) is 1.88. The summed E-state index contributed by atoms with van der Waals surface area (Å²) in [6.45, 7) is -0.356. The summed E-state index contributed by atoms with van der Waals surface area (Å²) in [5.41, 5.74) is 0. The maximum Gasteiger partial charge on any atom is 0.181 e. The van der Waals surface area contributed by atoms with Crippen molar-refractivity contribution < 1.29 is 25.2 Å². The average Bonchev–Trinajstić information content (AvgIpc) is 1.97. The van der Waals surface area contributed by atoms with Crippen molar-refractivity contribution in [3.05, 3.63) is 0 Å². The summed E-state index contributed by atoms with van der Waals surface area (Å²) in [6.07, 6.45) is -4.01. The lowest BCUT2D eigenvalue weighted by Crippen LogP contribution is -2.48. The predicted octanol–water partition coefficient (Wildman–Crippen LogP) is -2.19. The van der Waals surface area contributed by atoms with Gasteiger partial charge in [0, 0.05) is 6.42 Å². The Morgan fingerprint density at radius 3 is 2.36 bits per heavy atom. The van der Waals surface area contributed by atoms with Crippen molar-refractivity contribution in [2.75, 3.05) is 6.61 Å². The molecule has 4 atom stereocenters. The molecular formula is C6H12O5. The molecule has 0 aromatic carbocycles. The van der Waals surface area contributed by atoms with E-state index in [-0.39, 0.29) is 13.0 Å². The van der Waals surface area contributed by atoms with Crippen molar-refractivity contribution in [3.8, 4) is 0 Å². The minimum absolute atomic E-state index is 0.0341. The highest BCUT2D eigenvalue weighted by Gasteiger charge is 2.34. The largest absolute Gasteiger partial charge is 0.394 e. The van der Waals surface area contributed by atoms with Crippen molar-refractivity contribution in [1.29, 1.82) is 0 Å². The zero-order chi connectivity index (χ0) is 8.43. The average molecular weight is 164 g/mol. The molecule has 1 aliphatic heterocycles. The summed E-state index contributed by atoms with van der Waals surface area (Å²) in [5, 5.41) is 35.5. The van der Waals surface area contributed by atoms with Crippen LogP contribution in [0, 0.1) is 0 Å². The summed E-state index contributed by atoms with van der Waals surface area (Å²) in [5.74, 6) is 0. The maximum absolute atomic E-state index is 9.10. The highest BCUT2D eigenvalue weighted by Crippen LogP contribution is 2.18. The first-order valence-corrected chi connectivity index (χ1v) is 3.45. The fourth-order valence-corrected chi connectivity index (χ4v) is 1.04. The number of hydrogen-bond acceptors (Lipinski definition) is 5. The Bertz CT molecular complexity index is 128. The van der Waals surface area contributed by atoms with Crippen LogP contribution in [0.5, 0.6) is 0 Å². The minimum Gasteiger partial charge on any atom is -0.394 e. The fraction of sp³-hybridized carbons (Fsp3) is 1.00. The van der Waals surface area contributed by atoms with Crippen molar-refractivity contribution in [3.63, 3.8) is 0 Å². The molecule has 5 heteroatoms. The van der Waals surface area contributed by atoms with Crippen molar-refractivity contribution in [2.24, 2.45) is 0 Å². The van der Waals surface area contributed by atoms with E-state index >= 15 is 0 Å². The molecule has 0 saturated carbocycles. The third-order valence-corrected chi connectivity index (χ3v) is 1.74. The number of rotatable bonds is 1. The highest BCUT2D eigenvalue weighted by atomic mass is 16.6. The number of aliphatic hydroxyl groups is 4. The van der Waals surface area contributed by atoms with Gasteiger partial charge in [-0.2, -0.15) is 0 Å². The SMILES string of the molecule is OC[C@H]1OC(O)[C@H](O)C[C@H]1O. The van der Waals surface area contributed by atoms with Crippen molar-refractivity contribution >= 4 is 0 Å². The smallest absolute Gasteiger partial charge is 0.181 e. The summed E-state index contributed by atoms with van der Waals surface area (Å²) in [7, 11) is 0. The molecule has 1 heterocycles. The second-order valence-corrected chi connectivity index (χ2v) is 2.62. The molecule has 1 rings (SSSR count). The van der Waals surface area contributed by atoms with Crippen LogP contribution in [0.2, 0.25) is 0 Å². The zero-order valence-corrected chi connectivity index (χ0v) is 5.92. The standard InChI is InChI=1S/C6H12O5/c7-2-5-3(8)1-4(9)6(10)11-5/h3-10H,1-2H2/t3-,4-,5-,6?/m1/s1. The first-order chi connectivity index (χ1) is 5.15. The Morgan fingerprint density at radius 2 is 1.82 bits per heavy atom. The van der Waals surface area contributed by atoms with Gasteiger partial charge in [0.15, 0.2) is 6.29 Å². The summed E-state index contributed by atoms with van der Waals surface area (Å²) < 4.78 is 4.67. The van der Waals surface area contributed by atoms with Gasteiger partial charge in [-0.25, -0.2) is 0 Å². The number of ether oxygens (including phenoxy) is 1. The van der Waals surface area contributed by atoms with Crippen LogP contribution in [0.15, 0.2) is 0 Å². The van der Waals surface area contributed by atoms with E-state index < -0.39 is 24.6 Å². The van der Waals surface area contributed by atoms with Crippen LogP contribution in [0.4, 0.5) is 0 Å². The highest BCUT2D eigenvalue weighted by molar-refractivity contribution is 4.79. The van der Waals surface area contributed by atoms with Gasteiger partial charge in [-0.3, -0.25) is 0 Å². The van der Waals surface area contributed by atoms with Crippen LogP contribution < -0.4 is 0 Å². The molecule has 0 radical (unpaired) electrons. The van der Waals surface area contributed by atoms with E-state index in [4.69, 9.17) is 20.4 Å². The Balaban J connectivity index is 2.48. The van der Waals surface area contributed by atoms with Crippen molar-refractivity contribution in [2.45, 2.75) is 31.0 Å². The fourth-order valence-electron chi connectivity index (χ4n) is 1.04. The molecule has 0 aromatic heterocycles. The first-order valence-electron chi connectivity index (χ1n) is 3.45. The molecule has 66 valence electrons. The molecule has 0 spiro atoms. The van der Waals surface area contributed by atoms with E-state index in [0.717, 1.165) is 0 Å². The van der Waals surface area contributed by atoms with E-state index in [1.165, 1.54) is 0 Å². The second-order valence-electron chi connectivity index (χ2n) is 2.62. The molecule has 0 aromatic rings. The molecule has 0 bridgehead atoms. The van der Waals surface area contributed by atoms with Crippen LogP contribution in [0.3, 0.4) is 0 Å². The summed E-state index contributed by atoms with van der Waals surface area (Å²) in [6, 6.07) is 0. The Hall–Kier alpha value is -0.200. The van der Waals surface area contributed by atoms with Gasteiger partial charge in [-0.1, -0.05) is 0 Å². The quantitative estimate of drug-likeness (QED) is 0.353. The van der Waals surface area contributed by atoms with Gasteiger partial charge in [0.1, 0.15) is 12.2 Å². The molecule has 0 aliphatic carbocycles. The van der Waals surface area contributed by atoms with Gasteiger partial charge in [0.05, 0.1) is 12.7 Å². The van der Waals surface area contributed by atoms with Crippen LogP contribution in [0.1, 0.15) is 6.42 Å². The Kier molecular flexibility index (Phi) is 2.80. The normalized spacial score (nSPS) is 45.8. The lowest BCUT2D eigenvalue weighted by molar-refractivity contribution is -0.251. The van der Waals surface area contributed by atoms with E-state index in [0.29, 0.717) is 0 Å². The van der Waals surface area contributed by atoms with Gasteiger partial charge in [0.25, 0.3) is 0 Å². The Morgan fingerprint density at radius 1 is 1.18 bits per heavy atom. The van der Waals surface area contributed by atoms with Crippen LogP contribution >= 0.6 is 0 Å². The third-order valence-electron chi connectivity index (χ3n) is 1.74. The minimum atomic E-state index is -1.30. The van der Waals surface area contributed by atoms with Gasteiger partial charge >= 0.3 is 0 Å². The van der Waals surface area contributed by atoms with Crippen molar-refractivity contribution in [1.82, 2.24) is 0 Å². The van der Waals surface area contributed by atoms with Crippen LogP contribution in [-0.4, -0.2) is 51.6 Å². The number of aliphatic hydroxyl groups excluding tert-OH is 4. The molecule has 0 amide bonds. The van der Waals surface area contributed by atoms with E-state index in [1.807, 2.05) is 0 Å². The Labute approximate surface area is 63.8 Å². The molecule has 1 fully saturated rings. The topological polar surface area (TPSA) is 90.2 Å².